The van der Waals surface area contributed by atoms with Crippen LogP contribution in [-0.4, -0.2) is 4.98 Å². The summed E-state index contributed by atoms with van der Waals surface area (Å²) in [4.78, 5) is 4.56. The molecule has 0 saturated heterocycles. The molecule has 1 heterocycles. The van der Waals surface area contributed by atoms with Crippen LogP contribution < -0.4 is 0 Å². The van der Waals surface area contributed by atoms with Gasteiger partial charge in [-0.15, -0.1) is 0 Å². The predicted octanol–water partition coefficient (Wildman–Crippen LogP) is 5.08. The Hall–Kier alpha value is -1.63. The summed E-state index contributed by atoms with van der Waals surface area (Å²) in [6.45, 7) is 6.67. The molecule has 1 heteroatoms. The molecule has 0 N–H and O–H groups in total. The standard InChI is InChI=1S/C18H23N/c1-4-16(15-11-9-14(3)10-12-15)17(5-2)18-8-6-7-13-19-18/h6-13,16-17H,4-5H2,1-3H3/t16-,17-/m1/s1. The van der Waals surface area contributed by atoms with Gasteiger partial charge in [0.2, 0.25) is 0 Å². The van der Waals surface area contributed by atoms with Gasteiger partial charge in [-0.05, 0) is 43.4 Å². The summed E-state index contributed by atoms with van der Waals surface area (Å²) in [6.07, 6.45) is 4.18. The molecule has 2 rings (SSSR count). The molecule has 0 bridgehead atoms. The van der Waals surface area contributed by atoms with Crippen LogP contribution in [0.3, 0.4) is 0 Å². The summed E-state index contributed by atoms with van der Waals surface area (Å²) in [5.41, 5.74) is 3.98. The van der Waals surface area contributed by atoms with E-state index in [1.54, 1.807) is 0 Å². The fraction of sp³-hybridized carbons (Fsp3) is 0.389. The number of aromatic nitrogens is 1. The second-order valence-corrected chi connectivity index (χ2v) is 5.19. The number of hydrogen-bond donors (Lipinski definition) is 0. The maximum atomic E-state index is 4.56. The van der Waals surface area contributed by atoms with E-state index in [1.165, 1.54) is 16.8 Å². The van der Waals surface area contributed by atoms with Crippen LogP contribution in [0.5, 0.6) is 0 Å². The highest BCUT2D eigenvalue weighted by Gasteiger charge is 2.22. The molecule has 0 aliphatic carbocycles. The van der Waals surface area contributed by atoms with Crippen LogP contribution in [0.25, 0.3) is 0 Å². The van der Waals surface area contributed by atoms with E-state index in [2.05, 4.69) is 62.2 Å². The summed E-state index contributed by atoms with van der Waals surface area (Å²) >= 11 is 0. The molecule has 0 fully saturated rings. The Bertz CT molecular complexity index is 487. The van der Waals surface area contributed by atoms with Crippen molar-refractivity contribution in [2.45, 2.75) is 45.4 Å². The van der Waals surface area contributed by atoms with Crippen LogP contribution in [0, 0.1) is 6.92 Å². The quantitative estimate of drug-likeness (QED) is 0.724. The number of rotatable bonds is 5. The molecule has 100 valence electrons. The zero-order chi connectivity index (χ0) is 13.7. The van der Waals surface area contributed by atoms with Gasteiger partial charge in [0.05, 0.1) is 0 Å². The highest BCUT2D eigenvalue weighted by atomic mass is 14.7. The third-order valence-electron chi connectivity index (χ3n) is 3.94. The first-order valence-corrected chi connectivity index (χ1v) is 7.23. The Morgan fingerprint density at radius 2 is 1.58 bits per heavy atom. The molecule has 0 radical (unpaired) electrons. The van der Waals surface area contributed by atoms with Gasteiger partial charge >= 0.3 is 0 Å². The number of pyridine rings is 1. The largest absolute Gasteiger partial charge is 0.261 e. The SMILES string of the molecule is CC[C@H](c1ccc(C)cc1)[C@@H](CC)c1ccccn1. The van der Waals surface area contributed by atoms with Crippen molar-refractivity contribution in [2.75, 3.05) is 0 Å². The molecule has 2 atom stereocenters. The maximum Gasteiger partial charge on any atom is 0.0440 e. The van der Waals surface area contributed by atoms with Gasteiger partial charge in [0.25, 0.3) is 0 Å². The van der Waals surface area contributed by atoms with Crippen molar-refractivity contribution < 1.29 is 0 Å². The van der Waals surface area contributed by atoms with Gasteiger partial charge < -0.3 is 0 Å². The van der Waals surface area contributed by atoms with Gasteiger partial charge in [-0.2, -0.15) is 0 Å². The van der Waals surface area contributed by atoms with Crippen LogP contribution in [0.1, 0.15) is 55.3 Å². The molecular formula is C18H23N. The molecule has 0 saturated carbocycles. The van der Waals surface area contributed by atoms with Crippen LogP contribution in [0.2, 0.25) is 0 Å². The van der Waals surface area contributed by atoms with Crippen molar-refractivity contribution in [2.24, 2.45) is 0 Å². The van der Waals surface area contributed by atoms with E-state index in [0.29, 0.717) is 11.8 Å². The third kappa shape index (κ3) is 3.23. The summed E-state index contributed by atoms with van der Waals surface area (Å²) in [5, 5.41) is 0. The van der Waals surface area contributed by atoms with Crippen molar-refractivity contribution >= 4 is 0 Å². The molecule has 19 heavy (non-hydrogen) atoms. The van der Waals surface area contributed by atoms with Gasteiger partial charge in [0, 0.05) is 17.8 Å². The Morgan fingerprint density at radius 3 is 2.11 bits per heavy atom. The van der Waals surface area contributed by atoms with Crippen molar-refractivity contribution in [1.29, 1.82) is 0 Å². The molecule has 0 aliphatic rings. The third-order valence-corrected chi connectivity index (χ3v) is 3.94. The van der Waals surface area contributed by atoms with E-state index in [-0.39, 0.29) is 0 Å². The van der Waals surface area contributed by atoms with Gasteiger partial charge in [-0.25, -0.2) is 0 Å². The van der Waals surface area contributed by atoms with Crippen LogP contribution >= 0.6 is 0 Å². The summed E-state index contributed by atoms with van der Waals surface area (Å²) in [7, 11) is 0. The number of hydrogen-bond acceptors (Lipinski definition) is 1. The first-order chi connectivity index (χ1) is 9.26. The summed E-state index contributed by atoms with van der Waals surface area (Å²) < 4.78 is 0. The number of nitrogens with zero attached hydrogens (tertiary/aromatic N) is 1. The molecule has 0 spiro atoms. The van der Waals surface area contributed by atoms with Crippen molar-refractivity contribution in [3.63, 3.8) is 0 Å². The van der Waals surface area contributed by atoms with E-state index in [1.807, 2.05) is 12.3 Å². The van der Waals surface area contributed by atoms with E-state index in [9.17, 15) is 0 Å². The van der Waals surface area contributed by atoms with Gasteiger partial charge in [-0.1, -0.05) is 49.7 Å². The lowest BCUT2D eigenvalue weighted by Crippen LogP contribution is -2.11. The molecular weight excluding hydrogens is 230 g/mol. The molecule has 0 amide bonds. The monoisotopic (exact) mass is 253 g/mol. The zero-order valence-corrected chi connectivity index (χ0v) is 12.1. The lowest BCUT2D eigenvalue weighted by molar-refractivity contribution is 0.499. The van der Waals surface area contributed by atoms with Crippen LogP contribution in [0.4, 0.5) is 0 Å². The summed E-state index contributed by atoms with van der Waals surface area (Å²) in [5.74, 6) is 1.06. The molecule has 1 aromatic heterocycles. The minimum atomic E-state index is 0.508. The van der Waals surface area contributed by atoms with Gasteiger partial charge in [0.15, 0.2) is 0 Å². The maximum absolute atomic E-state index is 4.56. The minimum absolute atomic E-state index is 0.508. The Balaban J connectivity index is 2.31. The van der Waals surface area contributed by atoms with Gasteiger partial charge in [-0.3, -0.25) is 4.98 Å². The first kappa shape index (κ1) is 13.8. The zero-order valence-electron chi connectivity index (χ0n) is 12.1. The number of aryl methyl sites for hydroxylation is 1. The van der Waals surface area contributed by atoms with Crippen molar-refractivity contribution in [3.05, 3.63) is 65.5 Å². The van der Waals surface area contributed by atoms with E-state index in [4.69, 9.17) is 0 Å². The summed E-state index contributed by atoms with van der Waals surface area (Å²) in [6, 6.07) is 15.2. The fourth-order valence-corrected chi connectivity index (χ4v) is 2.86. The normalized spacial score (nSPS) is 14.1. The van der Waals surface area contributed by atoms with E-state index < -0.39 is 0 Å². The first-order valence-electron chi connectivity index (χ1n) is 7.23. The average molecular weight is 253 g/mol. The van der Waals surface area contributed by atoms with Crippen LogP contribution in [-0.2, 0) is 0 Å². The topological polar surface area (TPSA) is 12.9 Å². The molecule has 0 aliphatic heterocycles. The fourth-order valence-electron chi connectivity index (χ4n) is 2.86. The second-order valence-electron chi connectivity index (χ2n) is 5.19. The van der Waals surface area contributed by atoms with E-state index in [0.717, 1.165) is 12.8 Å². The Morgan fingerprint density at radius 1 is 0.895 bits per heavy atom. The molecule has 1 aromatic carbocycles. The lowest BCUT2D eigenvalue weighted by atomic mass is 9.80. The van der Waals surface area contributed by atoms with E-state index >= 15 is 0 Å². The highest BCUT2D eigenvalue weighted by Crippen LogP contribution is 2.36. The van der Waals surface area contributed by atoms with Crippen molar-refractivity contribution in [1.82, 2.24) is 4.98 Å². The smallest absolute Gasteiger partial charge is 0.0440 e. The van der Waals surface area contributed by atoms with Gasteiger partial charge in [0.1, 0.15) is 0 Å². The average Bonchev–Trinajstić information content (AvgIpc) is 2.47. The van der Waals surface area contributed by atoms with Crippen LogP contribution in [0.15, 0.2) is 48.7 Å². The highest BCUT2D eigenvalue weighted by molar-refractivity contribution is 5.28. The molecule has 2 aromatic rings. The number of benzene rings is 1. The molecule has 1 nitrogen and oxygen atoms in total. The lowest BCUT2D eigenvalue weighted by Gasteiger charge is -2.25. The van der Waals surface area contributed by atoms with Crippen molar-refractivity contribution in [3.8, 4) is 0 Å². The Labute approximate surface area is 116 Å². The Kier molecular flexibility index (Phi) is 4.73. The second kappa shape index (κ2) is 6.51. The minimum Gasteiger partial charge on any atom is -0.261 e. The molecule has 0 unspecified atom stereocenters. The predicted molar refractivity (Wildman–Crippen MR) is 81.5 cm³/mol.